The molecule has 260 valence electrons. The van der Waals surface area contributed by atoms with Gasteiger partial charge in [-0.15, -0.1) is 0 Å². The largest absolute Gasteiger partial charge is 0.388 e. The molecular weight excluding hydrogens is 630 g/mol. The Bertz CT molecular complexity index is 1660. The topological polar surface area (TPSA) is 114 Å². The van der Waals surface area contributed by atoms with Crippen molar-refractivity contribution < 1.29 is 34.0 Å². The van der Waals surface area contributed by atoms with Crippen molar-refractivity contribution in [3.05, 3.63) is 155 Å². The first-order valence-corrected chi connectivity index (χ1v) is 17.1. The number of rotatable bonds is 11. The molecular formula is C42H45NO7. The molecule has 0 spiro atoms. The lowest BCUT2D eigenvalue weighted by Crippen LogP contribution is -2.64. The molecule has 4 aromatic rings. The van der Waals surface area contributed by atoms with Crippen molar-refractivity contribution in [2.45, 2.75) is 76.5 Å². The minimum atomic E-state index is -1.40. The molecule has 8 heteroatoms. The molecule has 3 N–H and O–H groups in total. The zero-order valence-electron chi connectivity index (χ0n) is 28.7. The predicted molar refractivity (Wildman–Crippen MR) is 190 cm³/mol. The zero-order valence-corrected chi connectivity index (χ0v) is 28.7. The maximum absolute atomic E-state index is 13.1. The van der Waals surface area contributed by atoms with E-state index in [4.69, 9.17) is 14.2 Å². The van der Waals surface area contributed by atoms with Crippen LogP contribution in [0, 0.1) is 5.41 Å². The molecule has 0 radical (unpaired) electrons. The van der Waals surface area contributed by atoms with Crippen LogP contribution in [0.4, 0.5) is 0 Å². The Morgan fingerprint density at radius 3 is 1.70 bits per heavy atom. The van der Waals surface area contributed by atoms with E-state index >= 15 is 0 Å². The van der Waals surface area contributed by atoms with E-state index in [1.165, 1.54) is 0 Å². The minimum absolute atomic E-state index is 0.0802. The third-order valence-electron chi connectivity index (χ3n) is 9.56. The van der Waals surface area contributed by atoms with E-state index in [1.54, 1.807) is 6.92 Å². The van der Waals surface area contributed by atoms with Crippen molar-refractivity contribution in [1.29, 1.82) is 0 Å². The van der Waals surface area contributed by atoms with Crippen LogP contribution in [0.1, 0.15) is 55.9 Å². The number of nitrogens with one attached hydrogen (secondary N) is 1. The number of aliphatic hydroxyl groups is 2. The van der Waals surface area contributed by atoms with Crippen LogP contribution in [-0.2, 0) is 36.0 Å². The summed E-state index contributed by atoms with van der Waals surface area (Å²) < 4.78 is 19.7. The first kappa shape index (κ1) is 35.4. The van der Waals surface area contributed by atoms with Crippen molar-refractivity contribution in [2.75, 3.05) is 6.61 Å². The van der Waals surface area contributed by atoms with Crippen LogP contribution >= 0.6 is 0 Å². The summed E-state index contributed by atoms with van der Waals surface area (Å²) in [6, 6.07) is 38.1. The number of ketones is 2. The van der Waals surface area contributed by atoms with Gasteiger partial charge in [0.2, 0.25) is 0 Å². The normalized spacial score (nSPS) is 23.8. The molecule has 50 heavy (non-hydrogen) atoms. The molecule has 1 heterocycles. The summed E-state index contributed by atoms with van der Waals surface area (Å²) in [7, 11) is 0. The van der Waals surface area contributed by atoms with Gasteiger partial charge in [0.15, 0.2) is 17.9 Å². The van der Waals surface area contributed by atoms with Gasteiger partial charge in [0.25, 0.3) is 0 Å². The maximum atomic E-state index is 13.1. The highest BCUT2D eigenvalue weighted by Gasteiger charge is 2.48. The van der Waals surface area contributed by atoms with Gasteiger partial charge in [-0.2, -0.15) is 0 Å². The number of allylic oxidation sites excluding steroid dienone is 2. The Morgan fingerprint density at radius 1 is 0.760 bits per heavy atom. The first-order valence-electron chi connectivity index (χ1n) is 17.1. The number of carbonyl (C=O) groups is 2. The highest BCUT2D eigenvalue weighted by atomic mass is 16.7. The molecule has 4 aromatic carbocycles. The van der Waals surface area contributed by atoms with Crippen LogP contribution in [0.25, 0.3) is 0 Å². The smallest absolute Gasteiger partial charge is 0.181 e. The molecule has 1 saturated carbocycles. The maximum Gasteiger partial charge on any atom is 0.181 e. The molecule has 5 atom stereocenters. The van der Waals surface area contributed by atoms with Crippen molar-refractivity contribution in [1.82, 2.24) is 5.32 Å². The fraction of sp³-hybridized carbons (Fsp3) is 0.333. The monoisotopic (exact) mass is 675 g/mol. The van der Waals surface area contributed by atoms with E-state index in [2.05, 4.69) is 5.32 Å². The summed E-state index contributed by atoms with van der Waals surface area (Å²) in [5, 5.41) is 26.5. The van der Waals surface area contributed by atoms with Gasteiger partial charge in [-0.1, -0.05) is 135 Å². The minimum Gasteiger partial charge on any atom is -0.388 e. The first-order chi connectivity index (χ1) is 24.1. The number of carbonyl (C=O) groups excluding carboxylic acids is 2. The lowest BCUT2D eigenvalue weighted by molar-refractivity contribution is -0.279. The third-order valence-corrected chi connectivity index (χ3v) is 9.56. The molecule has 6 rings (SSSR count). The second kappa shape index (κ2) is 15.2. The van der Waals surface area contributed by atoms with Gasteiger partial charge in [0.1, 0.15) is 30.0 Å². The van der Waals surface area contributed by atoms with E-state index in [9.17, 15) is 19.8 Å². The third kappa shape index (κ3) is 7.50. The number of benzene rings is 4. The lowest BCUT2D eigenvalue weighted by Gasteiger charge is -2.45. The number of Topliss-reactive ketones (excluding diaryl/α,β-unsaturated/α-hetero) is 2. The van der Waals surface area contributed by atoms with E-state index in [-0.39, 0.29) is 43.2 Å². The van der Waals surface area contributed by atoms with Gasteiger partial charge in [0.05, 0.1) is 18.8 Å². The summed E-state index contributed by atoms with van der Waals surface area (Å²) in [5.74, 6) is -0.509. The average Bonchev–Trinajstić information content (AvgIpc) is 3.12. The van der Waals surface area contributed by atoms with Crippen molar-refractivity contribution in [3.8, 4) is 0 Å². The van der Waals surface area contributed by atoms with E-state index in [0.717, 1.165) is 22.3 Å². The van der Waals surface area contributed by atoms with Crippen LogP contribution in [-0.4, -0.2) is 59.0 Å². The highest BCUT2D eigenvalue weighted by Crippen LogP contribution is 2.41. The molecule has 1 aliphatic heterocycles. The Balaban J connectivity index is 1.32. The molecule has 1 saturated heterocycles. The predicted octanol–water partition coefficient (Wildman–Crippen LogP) is 5.85. The molecule has 8 nitrogen and oxygen atoms in total. The van der Waals surface area contributed by atoms with Crippen LogP contribution in [0.5, 0.6) is 0 Å². The number of ether oxygens (including phenoxy) is 3. The highest BCUT2D eigenvalue weighted by molar-refractivity contribution is 6.22. The van der Waals surface area contributed by atoms with Gasteiger partial charge in [-0.25, -0.2) is 0 Å². The summed E-state index contributed by atoms with van der Waals surface area (Å²) >= 11 is 0. The van der Waals surface area contributed by atoms with Crippen molar-refractivity contribution in [2.24, 2.45) is 5.41 Å². The Morgan fingerprint density at radius 2 is 1.22 bits per heavy atom. The summed E-state index contributed by atoms with van der Waals surface area (Å²) in [4.78, 5) is 26.2. The molecule has 2 fully saturated rings. The second-order valence-electron chi connectivity index (χ2n) is 13.9. The summed E-state index contributed by atoms with van der Waals surface area (Å²) in [6.45, 7) is 5.48. The fourth-order valence-electron chi connectivity index (χ4n) is 7.10. The quantitative estimate of drug-likeness (QED) is 0.103. The molecule has 0 amide bonds. The van der Waals surface area contributed by atoms with Crippen LogP contribution in [0.15, 0.2) is 133 Å². The number of aliphatic hydroxyl groups excluding tert-OH is 2. The SMILES string of the molecule is CC(N[C@H]1[C@@H](OCc2ccccc2)O[C@H](COC(c2ccccc2)(c2ccccc2)c2ccccc2)[C@@H](O)[C@@H]1O)=C1C(=O)CC(C)(C)CC1=O. The molecule has 2 aliphatic rings. The molecule has 1 aliphatic carbocycles. The van der Waals surface area contributed by atoms with Gasteiger partial charge >= 0.3 is 0 Å². The zero-order chi connectivity index (χ0) is 35.3. The Hall–Kier alpha value is -4.44. The van der Waals surface area contributed by atoms with E-state index in [1.807, 2.05) is 135 Å². The van der Waals surface area contributed by atoms with Crippen molar-refractivity contribution >= 4 is 11.6 Å². The van der Waals surface area contributed by atoms with Crippen LogP contribution in [0.2, 0.25) is 0 Å². The lowest BCUT2D eigenvalue weighted by atomic mass is 9.73. The fourth-order valence-corrected chi connectivity index (χ4v) is 7.10. The van der Waals surface area contributed by atoms with Crippen LogP contribution < -0.4 is 5.32 Å². The standard InChI is InChI=1S/C42H45NO7/c1-28(36-33(44)24-41(2,3)25-34(36)45)43-37-39(47)38(46)35(50-40(37)48-26-29-16-8-4-9-17-29)27-49-42(30-18-10-5-11-19-30,31-20-12-6-13-21-31)32-22-14-7-15-23-32/h4-23,35,37-40,43,46-47H,24-27H2,1-3H3/t35-,37-,38-,39-,40+/m1/s1. The van der Waals surface area contributed by atoms with Crippen LogP contribution in [0.3, 0.4) is 0 Å². The van der Waals surface area contributed by atoms with Gasteiger partial charge in [0, 0.05) is 18.5 Å². The van der Waals surface area contributed by atoms with Gasteiger partial charge in [-0.05, 0) is 34.6 Å². The molecule has 0 aromatic heterocycles. The Labute approximate surface area is 293 Å². The van der Waals surface area contributed by atoms with Crippen molar-refractivity contribution in [3.63, 3.8) is 0 Å². The summed E-state index contributed by atoms with van der Waals surface area (Å²) in [6.07, 6.45) is -4.43. The average molecular weight is 676 g/mol. The van der Waals surface area contributed by atoms with E-state index < -0.39 is 41.7 Å². The molecule has 0 bridgehead atoms. The number of hydrogen-bond donors (Lipinski definition) is 3. The van der Waals surface area contributed by atoms with E-state index in [0.29, 0.717) is 5.70 Å². The Kier molecular flexibility index (Phi) is 10.8. The summed E-state index contributed by atoms with van der Waals surface area (Å²) in [5.41, 5.74) is 2.42. The molecule has 0 unspecified atom stereocenters. The number of hydrogen-bond acceptors (Lipinski definition) is 8. The second-order valence-corrected chi connectivity index (χ2v) is 13.9. The van der Waals surface area contributed by atoms with Gasteiger partial charge < -0.3 is 29.7 Å². The van der Waals surface area contributed by atoms with Gasteiger partial charge in [-0.3, -0.25) is 9.59 Å².